The molecule has 0 aliphatic heterocycles. The van der Waals surface area contributed by atoms with E-state index >= 15 is 0 Å². The van der Waals surface area contributed by atoms with Crippen molar-refractivity contribution in [3.8, 4) is 11.5 Å². The molecule has 1 rings (SSSR count). The third-order valence-electron chi connectivity index (χ3n) is 3.74. The summed E-state index contributed by atoms with van der Waals surface area (Å²) in [7, 11) is 1.53. The number of benzene rings is 1. The van der Waals surface area contributed by atoms with Crippen LogP contribution >= 0.6 is 11.8 Å². The number of hydrogen-bond donors (Lipinski definition) is 2. The number of rotatable bonds is 7. The van der Waals surface area contributed by atoms with Crippen LogP contribution in [0.2, 0.25) is 0 Å². The van der Waals surface area contributed by atoms with Gasteiger partial charge in [0.15, 0.2) is 0 Å². The molecule has 0 atom stereocenters. The maximum Gasteiger partial charge on any atom is 0.255 e. The molecule has 1 aromatic rings. The van der Waals surface area contributed by atoms with E-state index in [2.05, 4.69) is 25.4 Å². The molecule has 0 saturated heterocycles. The van der Waals surface area contributed by atoms with E-state index in [9.17, 15) is 9.90 Å². The van der Waals surface area contributed by atoms with Crippen LogP contribution in [0.4, 0.5) is 0 Å². The van der Waals surface area contributed by atoms with E-state index in [0.29, 0.717) is 12.3 Å². The summed E-state index contributed by atoms with van der Waals surface area (Å²) in [5.41, 5.74) is 0.242. The second-order valence-electron chi connectivity index (χ2n) is 4.66. The highest BCUT2D eigenvalue weighted by molar-refractivity contribution is 8.00. The van der Waals surface area contributed by atoms with Gasteiger partial charge in [0.05, 0.1) is 12.7 Å². The number of phenolic OH excluding ortho intramolecular Hbond substituents is 1. The molecule has 5 heteroatoms. The summed E-state index contributed by atoms with van der Waals surface area (Å²) < 4.78 is 5.12. The van der Waals surface area contributed by atoms with E-state index in [1.54, 1.807) is 23.9 Å². The molecule has 0 bridgehead atoms. The Labute approximate surface area is 124 Å². The van der Waals surface area contributed by atoms with Gasteiger partial charge in [0, 0.05) is 11.3 Å². The van der Waals surface area contributed by atoms with E-state index < -0.39 is 0 Å². The Morgan fingerprint density at radius 3 is 2.55 bits per heavy atom. The number of phenols is 1. The van der Waals surface area contributed by atoms with E-state index in [4.69, 9.17) is 4.74 Å². The minimum absolute atomic E-state index is 0.0361. The first-order valence-corrected chi connectivity index (χ1v) is 7.94. The molecule has 0 radical (unpaired) electrons. The Kier molecular flexibility index (Phi) is 6.20. The zero-order chi connectivity index (χ0) is 15.2. The average Bonchev–Trinajstić information content (AvgIpc) is 2.49. The van der Waals surface area contributed by atoms with Crippen LogP contribution in [0.15, 0.2) is 18.2 Å². The number of ether oxygens (including phenoxy) is 1. The SMILES string of the molecule is CCC(CC)(CNC(=O)c1cc(OC)ccc1O)SC. The summed E-state index contributed by atoms with van der Waals surface area (Å²) in [6.07, 6.45) is 4.02. The molecule has 0 heterocycles. The molecule has 0 aliphatic rings. The van der Waals surface area contributed by atoms with Crippen molar-refractivity contribution in [1.29, 1.82) is 0 Å². The van der Waals surface area contributed by atoms with E-state index in [1.165, 1.54) is 13.2 Å². The Bertz CT molecular complexity index is 450. The number of nitrogens with one attached hydrogen (secondary N) is 1. The van der Waals surface area contributed by atoms with Gasteiger partial charge in [-0.05, 0) is 37.3 Å². The van der Waals surface area contributed by atoms with E-state index in [0.717, 1.165) is 12.8 Å². The van der Waals surface area contributed by atoms with Gasteiger partial charge in [0.25, 0.3) is 5.91 Å². The van der Waals surface area contributed by atoms with Gasteiger partial charge in [-0.25, -0.2) is 0 Å². The fraction of sp³-hybridized carbons (Fsp3) is 0.533. The number of carbonyl (C=O) groups is 1. The fourth-order valence-corrected chi connectivity index (χ4v) is 2.82. The number of aromatic hydroxyl groups is 1. The topological polar surface area (TPSA) is 58.6 Å². The number of hydrogen-bond acceptors (Lipinski definition) is 4. The number of carbonyl (C=O) groups excluding carboxylic acids is 1. The minimum atomic E-state index is -0.276. The summed E-state index contributed by atoms with van der Waals surface area (Å²) in [6.45, 7) is 4.82. The Balaban J connectivity index is 2.81. The molecule has 20 heavy (non-hydrogen) atoms. The lowest BCUT2D eigenvalue weighted by molar-refractivity contribution is 0.0946. The van der Waals surface area contributed by atoms with Crippen LogP contribution in [-0.2, 0) is 0 Å². The standard InChI is InChI=1S/C15H23NO3S/c1-5-15(6-2,20-4)10-16-14(18)12-9-11(19-3)7-8-13(12)17/h7-9,17H,5-6,10H2,1-4H3,(H,16,18). The lowest BCUT2D eigenvalue weighted by atomic mass is 10.0. The predicted molar refractivity (Wildman–Crippen MR) is 83.8 cm³/mol. The lowest BCUT2D eigenvalue weighted by Crippen LogP contribution is -2.39. The van der Waals surface area contributed by atoms with Crippen molar-refractivity contribution in [3.05, 3.63) is 23.8 Å². The average molecular weight is 297 g/mol. The molecule has 0 fully saturated rings. The molecule has 1 amide bonds. The zero-order valence-corrected chi connectivity index (χ0v) is 13.3. The van der Waals surface area contributed by atoms with Gasteiger partial charge >= 0.3 is 0 Å². The largest absolute Gasteiger partial charge is 0.507 e. The van der Waals surface area contributed by atoms with Crippen LogP contribution in [-0.4, -0.2) is 35.7 Å². The monoisotopic (exact) mass is 297 g/mol. The van der Waals surface area contributed by atoms with Crippen LogP contribution in [0.5, 0.6) is 11.5 Å². The van der Waals surface area contributed by atoms with Crippen LogP contribution in [0.3, 0.4) is 0 Å². The Morgan fingerprint density at radius 1 is 1.40 bits per heavy atom. The van der Waals surface area contributed by atoms with Crippen LogP contribution in [0.25, 0.3) is 0 Å². The van der Waals surface area contributed by atoms with Crippen molar-refractivity contribution >= 4 is 17.7 Å². The van der Waals surface area contributed by atoms with Gasteiger partial charge < -0.3 is 15.2 Å². The first-order chi connectivity index (χ1) is 9.51. The first kappa shape index (κ1) is 16.7. The van der Waals surface area contributed by atoms with Crippen molar-refractivity contribution in [2.45, 2.75) is 31.4 Å². The normalized spacial score (nSPS) is 11.2. The Hall–Kier alpha value is -1.36. The molecule has 0 unspecified atom stereocenters. The molecular formula is C15H23NO3S. The van der Waals surface area contributed by atoms with Crippen molar-refractivity contribution in [2.75, 3.05) is 19.9 Å². The van der Waals surface area contributed by atoms with Crippen molar-refractivity contribution in [3.63, 3.8) is 0 Å². The van der Waals surface area contributed by atoms with Gasteiger partial charge in [0.1, 0.15) is 11.5 Å². The number of thioether (sulfide) groups is 1. The molecule has 0 spiro atoms. The molecule has 2 N–H and O–H groups in total. The lowest BCUT2D eigenvalue weighted by Gasteiger charge is -2.29. The van der Waals surface area contributed by atoms with Crippen LogP contribution in [0, 0.1) is 0 Å². The third-order valence-corrected chi connectivity index (χ3v) is 5.33. The van der Waals surface area contributed by atoms with Crippen molar-refractivity contribution in [2.24, 2.45) is 0 Å². The molecule has 0 aromatic heterocycles. The molecule has 0 aliphatic carbocycles. The quantitative estimate of drug-likeness (QED) is 0.812. The maximum atomic E-state index is 12.2. The fourth-order valence-electron chi connectivity index (χ4n) is 2.02. The number of amides is 1. The molecular weight excluding hydrogens is 274 g/mol. The number of methoxy groups -OCH3 is 1. The molecule has 1 aromatic carbocycles. The highest BCUT2D eigenvalue weighted by atomic mass is 32.2. The van der Waals surface area contributed by atoms with Gasteiger partial charge in [-0.2, -0.15) is 11.8 Å². The predicted octanol–water partition coefficient (Wildman–Crippen LogP) is 3.05. The highest BCUT2D eigenvalue weighted by Crippen LogP contribution is 2.30. The van der Waals surface area contributed by atoms with E-state index in [-0.39, 0.29) is 22.0 Å². The molecule has 0 saturated carbocycles. The molecule has 4 nitrogen and oxygen atoms in total. The first-order valence-electron chi connectivity index (χ1n) is 6.72. The van der Waals surface area contributed by atoms with Crippen molar-refractivity contribution in [1.82, 2.24) is 5.32 Å². The van der Waals surface area contributed by atoms with Crippen LogP contribution < -0.4 is 10.1 Å². The molecule has 112 valence electrons. The van der Waals surface area contributed by atoms with Gasteiger partial charge in [-0.15, -0.1) is 0 Å². The Morgan fingerprint density at radius 2 is 2.05 bits per heavy atom. The summed E-state index contributed by atoms with van der Waals surface area (Å²) >= 11 is 1.76. The summed E-state index contributed by atoms with van der Waals surface area (Å²) in [4.78, 5) is 12.2. The highest BCUT2D eigenvalue weighted by Gasteiger charge is 2.26. The maximum absolute atomic E-state index is 12.2. The van der Waals surface area contributed by atoms with Gasteiger partial charge in [0.2, 0.25) is 0 Å². The second kappa shape index (κ2) is 7.43. The second-order valence-corrected chi connectivity index (χ2v) is 5.93. The van der Waals surface area contributed by atoms with E-state index in [1.807, 2.05) is 0 Å². The van der Waals surface area contributed by atoms with Gasteiger partial charge in [-0.3, -0.25) is 4.79 Å². The summed E-state index contributed by atoms with van der Waals surface area (Å²) in [5, 5.41) is 12.7. The zero-order valence-electron chi connectivity index (χ0n) is 12.5. The summed E-state index contributed by atoms with van der Waals surface area (Å²) in [6, 6.07) is 4.63. The smallest absolute Gasteiger partial charge is 0.255 e. The minimum Gasteiger partial charge on any atom is -0.507 e. The van der Waals surface area contributed by atoms with Gasteiger partial charge in [-0.1, -0.05) is 13.8 Å². The summed E-state index contributed by atoms with van der Waals surface area (Å²) in [5.74, 6) is 0.239. The third kappa shape index (κ3) is 3.82. The van der Waals surface area contributed by atoms with Crippen LogP contribution in [0.1, 0.15) is 37.0 Å². The van der Waals surface area contributed by atoms with Crippen molar-refractivity contribution < 1.29 is 14.6 Å².